The van der Waals surface area contributed by atoms with Gasteiger partial charge in [-0.2, -0.15) is 0 Å². The average molecular weight is 255 g/mol. The van der Waals surface area contributed by atoms with E-state index < -0.39 is 0 Å². The van der Waals surface area contributed by atoms with Crippen LogP contribution in [-0.2, 0) is 0 Å². The fourth-order valence-electron chi connectivity index (χ4n) is 1.88. The van der Waals surface area contributed by atoms with Gasteiger partial charge in [0, 0.05) is 25.3 Å². The zero-order valence-electron chi connectivity index (χ0n) is 11.1. The van der Waals surface area contributed by atoms with Crippen LogP contribution in [0.1, 0.15) is 10.4 Å². The van der Waals surface area contributed by atoms with Gasteiger partial charge in [-0.25, -0.2) is 0 Å². The molecule has 0 aromatic heterocycles. The highest BCUT2D eigenvalue weighted by atomic mass is 16.2. The zero-order chi connectivity index (χ0) is 13.8. The molecule has 0 atom stereocenters. The maximum atomic E-state index is 12.3. The molecule has 2 aromatic carbocycles. The Labute approximate surface area is 112 Å². The molecular weight excluding hydrogens is 238 g/mol. The van der Waals surface area contributed by atoms with Gasteiger partial charge in [-0.15, -0.1) is 0 Å². The lowest BCUT2D eigenvalue weighted by atomic mass is 10.1. The molecule has 1 amide bonds. The van der Waals surface area contributed by atoms with Gasteiger partial charge in [-0.1, -0.05) is 12.1 Å². The molecule has 0 spiro atoms. The van der Waals surface area contributed by atoms with Gasteiger partial charge >= 0.3 is 0 Å². The second-order valence-corrected chi connectivity index (χ2v) is 4.25. The van der Waals surface area contributed by atoms with E-state index in [1.165, 1.54) is 0 Å². The molecule has 0 aliphatic heterocycles. The first-order valence-electron chi connectivity index (χ1n) is 6.04. The first kappa shape index (κ1) is 13.0. The largest absolute Gasteiger partial charge is 0.397 e. The highest BCUT2D eigenvalue weighted by Crippen LogP contribution is 2.23. The summed E-state index contributed by atoms with van der Waals surface area (Å²) in [6, 6.07) is 14.6. The molecule has 0 radical (unpaired) electrons. The summed E-state index contributed by atoms with van der Waals surface area (Å²) in [5.74, 6) is -0.0828. The van der Waals surface area contributed by atoms with E-state index in [0.29, 0.717) is 16.9 Å². The van der Waals surface area contributed by atoms with Crippen LogP contribution in [0, 0.1) is 0 Å². The number of nitrogens with zero attached hydrogens (tertiary/aromatic N) is 1. The van der Waals surface area contributed by atoms with E-state index in [9.17, 15) is 4.79 Å². The molecule has 0 bridgehead atoms. The normalized spacial score (nSPS) is 10.0. The number of hydrogen-bond donors (Lipinski definition) is 2. The van der Waals surface area contributed by atoms with Crippen LogP contribution in [0.4, 0.5) is 17.1 Å². The Hall–Kier alpha value is -2.49. The van der Waals surface area contributed by atoms with Crippen LogP contribution in [0.15, 0.2) is 48.5 Å². The van der Waals surface area contributed by atoms with Crippen LogP contribution in [0.2, 0.25) is 0 Å². The molecule has 0 aliphatic carbocycles. The van der Waals surface area contributed by atoms with Gasteiger partial charge in [0.15, 0.2) is 0 Å². The third-order valence-corrected chi connectivity index (χ3v) is 3.02. The third kappa shape index (κ3) is 2.68. The first-order chi connectivity index (χ1) is 9.13. The third-order valence-electron chi connectivity index (χ3n) is 3.02. The summed E-state index contributed by atoms with van der Waals surface area (Å²) in [6.45, 7) is 0. The van der Waals surface area contributed by atoms with Crippen LogP contribution in [0.3, 0.4) is 0 Å². The molecule has 19 heavy (non-hydrogen) atoms. The molecule has 4 heteroatoms. The number of rotatable bonds is 3. The SMILES string of the molecule is CNc1ccc(C(=O)N(C)c2ccccc2N)cc1. The number of benzene rings is 2. The minimum atomic E-state index is -0.0828. The van der Waals surface area contributed by atoms with Gasteiger partial charge in [0.2, 0.25) is 0 Å². The molecule has 0 saturated carbocycles. The number of amides is 1. The summed E-state index contributed by atoms with van der Waals surface area (Å²) >= 11 is 0. The summed E-state index contributed by atoms with van der Waals surface area (Å²) in [6.07, 6.45) is 0. The molecule has 0 saturated heterocycles. The summed E-state index contributed by atoms with van der Waals surface area (Å²) in [5, 5.41) is 3.02. The fraction of sp³-hybridized carbons (Fsp3) is 0.133. The van der Waals surface area contributed by atoms with Crippen molar-refractivity contribution in [2.75, 3.05) is 30.0 Å². The quantitative estimate of drug-likeness (QED) is 0.829. The van der Waals surface area contributed by atoms with Crippen molar-refractivity contribution < 1.29 is 4.79 Å². The monoisotopic (exact) mass is 255 g/mol. The number of nitrogens with one attached hydrogen (secondary N) is 1. The zero-order valence-corrected chi connectivity index (χ0v) is 11.1. The van der Waals surface area contributed by atoms with Crippen molar-refractivity contribution in [3.63, 3.8) is 0 Å². The molecule has 2 aromatic rings. The Balaban J connectivity index is 2.26. The Morgan fingerprint density at radius 1 is 1.11 bits per heavy atom. The smallest absolute Gasteiger partial charge is 0.258 e. The van der Waals surface area contributed by atoms with Gasteiger partial charge in [0.05, 0.1) is 11.4 Å². The number of carbonyl (C=O) groups excluding carboxylic acids is 1. The fourth-order valence-corrected chi connectivity index (χ4v) is 1.88. The van der Waals surface area contributed by atoms with Gasteiger partial charge in [0.25, 0.3) is 5.91 Å². The number of carbonyl (C=O) groups is 1. The van der Waals surface area contributed by atoms with Crippen LogP contribution < -0.4 is 16.0 Å². The molecule has 3 N–H and O–H groups in total. The predicted octanol–water partition coefficient (Wildman–Crippen LogP) is 2.59. The highest BCUT2D eigenvalue weighted by molar-refractivity contribution is 6.07. The van der Waals surface area contributed by atoms with Gasteiger partial charge in [-0.3, -0.25) is 4.79 Å². The molecule has 0 fully saturated rings. The summed E-state index contributed by atoms with van der Waals surface area (Å²) < 4.78 is 0. The van der Waals surface area contributed by atoms with Gasteiger partial charge in [-0.05, 0) is 36.4 Å². The predicted molar refractivity (Wildman–Crippen MR) is 79.6 cm³/mol. The van der Waals surface area contributed by atoms with Crippen molar-refractivity contribution in [3.05, 3.63) is 54.1 Å². The van der Waals surface area contributed by atoms with Crippen molar-refractivity contribution in [3.8, 4) is 0 Å². The lowest BCUT2D eigenvalue weighted by molar-refractivity contribution is 0.0993. The van der Waals surface area contributed by atoms with E-state index in [4.69, 9.17) is 5.73 Å². The van der Waals surface area contributed by atoms with E-state index in [1.807, 2.05) is 37.4 Å². The molecule has 2 rings (SSSR count). The number of hydrogen-bond acceptors (Lipinski definition) is 3. The highest BCUT2D eigenvalue weighted by Gasteiger charge is 2.14. The Morgan fingerprint density at radius 3 is 2.32 bits per heavy atom. The number of para-hydroxylation sites is 2. The molecule has 0 heterocycles. The summed E-state index contributed by atoms with van der Waals surface area (Å²) in [4.78, 5) is 13.9. The second kappa shape index (κ2) is 5.44. The molecular formula is C15H17N3O. The van der Waals surface area contributed by atoms with Crippen molar-refractivity contribution in [2.24, 2.45) is 0 Å². The standard InChI is InChI=1S/C15H17N3O/c1-17-12-9-7-11(8-10-12)15(19)18(2)14-6-4-3-5-13(14)16/h3-10,17H,16H2,1-2H3. The minimum absolute atomic E-state index is 0.0828. The molecule has 0 aliphatic rings. The van der Waals surface area contributed by atoms with Crippen molar-refractivity contribution in [2.45, 2.75) is 0 Å². The van der Waals surface area contributed by atoms with Gasteiger partial charge < -0.3 is 16.0 Å². The van der Waals surface area contributed by atoms with E-state index in [2.05, 4.69) is 5.32 Å². The summed E-state index contributed by atoms with van der Waals surface area (Å²) in [5.41, 5.74) is 8.78. The van der Waals surface area contributed by atoms with Crippen LogP contribution >= 0.6 is 0 Å². The van der Waals surface area contributed by atoms with Crippen molar-refractivity contribution >= 4 is 23.0 Å². The van der Waals surface area contributed by atoms with E-state index in [-0.39, 0.29) is 5.91 Å². The lowest BCUT2D eigenvalue weighted by Crippen LogP contribution is -2.26. The number of nitrogen functional groups attached to an aromatic ring is 1. The van der Waals surface area contributed by atoms with E-state index in [0.717, 1.165) is 5.69 Å². The number of nitrogens with two attached hydrogens (primary N) is 1. The van der Waals surface area contributed by atoms with Crippen LogP contribution in [0.25, 0.3) is 0 Å². The maximum Gasteiger partial charge on any atom is 0.258 e. The minimum Gasteiger partial charge on any atom is -0.397 e. The van der Waals surface area contributed by atoms with Gasteiger partial charge in [0.1, 0.15) is 0 Å². The Morgan fingerprint density at radius 2 is 1.74 bits per heavy atom. The molecule has 4 nitrogen and oxygen atoms in total. The lowest BCUT2D eigenvalue weighted by Gasteiger charge is -2.19. The van der Waals surface area contributed by atoms with E-state index in [1.54, 1.807) is 30.1 Å². The average Bonchev–Trinajstić information content (AvgIpc) is 2.46. The maximum absolute atomic E-state index is 12.3. The molecule has 0 unspecified atom stereocenters. The van der Waals surface area contributed by atoms with E-state index >= 15 is 0 Å². The second-order valence-electron chi connectivity index (χ2n) is 4.25. The Kier molecular flexibility index (Phi) is 3.71. The molecule has 98 valence electrons. The topological polar surface area (TPSA) is 58.4 Å². The Bertz CT molecular complexity index is 578. The first-order valence-corrected chi connectivity index (χ1v) is 6.04. The van der Waals surface area contributed by atoms with Crippen molar-refractivity contribution in [1.29, 1.82) is 0 Å². The van der Waals surface area contributed by atoms with Crippen LogP contribution in [0.5, 0.6) is 0 Å². The summed E-state index contributed by atoms with van der Waals surface area (Å²) in [7, 11) is 3.56. The number of anilines is 3. The van der Waals surface area contributed by atoms with Crippen LogP contribution in [-0.4, -0.2) is 20.0 Å². The van der Waals surface area contributed by atoms with Crippen molar-refractivity contribution in [1.82, 2.24) is 0 Å².